The molecule has 5 heteroatoms. The monoisotopic (exact) mass is 296 g/mol. The van der Waals surface area contributed by atoms with Crippen molar-refractivity contribution in [3.63, 3.8) is 0 Å². The lowest BCUT2D eigenvalue weighted by molar-refractivity contribution is -0.131. The predicted molar refractivity (Wildman–Crippen MR) is 78.2 cm³/mol. The first kappa shape index (κ1) is 15.1. The normalized spacial score (nSPS) is 22.5. The van der Waals surface area contributed by atoms with E-state index in [1.807, 2.05) is 0 Å². The van der Waals surface area contributed by atoms with Crippen LogP contribution in [-0.2, 0) is 15.3 Å². The summed E-state index contributed by atoms with van der Waals surface area (Å²) in [6.07, 6.45) is 3.53. The van der Waals surface area contributed by atoms with Crippen LogP contribution >= 0.6 is 11.8 Å². The Hall–Kier alpha value is -1.33. The molecule has 1 saturated heterocycles. The molecule has 1 aromatic rings. The molecule has 1 fully saturated rings. The van der Waals surface area contributed by atoms with Crippen LogP contribution in [0.4, 0.5) is 4.39 Å². The summed E-state index contributed by atoms with van der Waals surface area (Å²) in [6.45, 7) is 2.87. The van der Waals surface area contributed by atoms with Gasteiger partial charge in [0.05, 0.1) is 6.10 Å². The Labute approximate surface area is 121 Å². The third kappa shape index (κ3) is 4.08. The first-order valence-electron chi connectivity index (χ1n) is 6.49. The molecule has 0 radical (unpaired) electrons. The molecular formula is C15H17FO3S. The summed E-state index contributed by atoms with van der Waals surface area (Å²) in [6, 6.07) is 4.81. The number of aliphatic carboxylic acids is 1. The van der Waals surface area contributed by atoms with Crippen molar-refractivity contribution in [2.24, 2.45) is 0 Å². The number of carbonyl (C=O) groups is 1. The van der Waals surface area contributed by atoms with Crippen LogP contribution in [0.2, 0.25) is 0 Å². The highest BCUT2D eigenvalue weighted by molar-refractivity contribution is 7.99. The second kappa shape index (κ2) is 6.90. The molecule has 0 aliphatic carbocycles. The Balaban J connectivity index is 2.01. The van der Waals surface area contributed by atoms with Crippen LogP contribution in [0.5, 0.6) is 0 Å². The molecule has 1 aliphatic heterocycles. The lowest BCUT2D eigenvalue weighted by Gasteiger charge is -2.13. The SMILES string of the molecule is CC1OCCC1SCc1ccc(F)c(/C=C/C(=O)O)c1. The minimum atomic E-state index is -1.08. The molecule has 1 heterocycles. The van der Waals surface area contributed by atoms with Crippen molar-refractivity contribution < 1.29 is 19.0 Å². The summed E-state index contributed by atoms with van der Waals surface area (Å²) in [5.41, 5.74) is 1.29. The van der Waals surface area contributed by atoms with Crippen molar-refractivity contribution in [3.05, 3.63) is 41.2 Å². The van der Waals surface area contributed by atoms with E-state index in [1.165, 1.54) is 12.1 Å². The number of thioether (sulfide) groups is 1. The molecule has 2 unspecified atom stereocenters. The maximum atomic E-state index is 13.6. The van der Waals surface area contributed by atoms with Gasteiger partial charge in [-0.15, -0.1) is 0 Å². The van der Waals surface area contributed by atoms with Crippen molar-refractivity contribution in [2.75, 3.05) is 6.61 Å². The molecular weight excluding hydrogens is 279 g/mol. The van der Waals surface area contributed by atoms with Crippen molar-refractivity contribution >= 4 is 23.8 Å². The maximum absolute atomic E-state index is 13.6. The quantitative estimate of drug-likeness (QED) is 0.847. The van der Waals surface area contributed by atoms with Crippen molar-refractivity contribution in [1.82, 2.24) is 0 Å². The molecule has 2 rings (SSSR count). The van der Waals surface area contributed by atoms with E-state index >= 15 is 0 Å². The summed E-state index contributed by atoms with van der Waals surface area (Å²) in [4.78, 5) is 10.5. The fourth-order valence-corrected chi connectivity index (χ4v) is 3.30. The van der Waals surface area contributed by atoms with Gasteiger partial charge in [-0.3, -0.25) is 0 Å². The standard InChI is InChI=1S/C15H17FO3S/c1-10-14(6-7-19-10)20-9-11-2-4-13(16)12(8-11)3-5-15(17)18/h2-5,8,10,14H,6-7,9H2,1H3,(H,17,18)/b5-3+. The summed E-state index contributed by atoms with van der Waals surface area (Å²) in [5, 5.41) is 9.05. The van der Waals surface area contributed by atoms with Gasteiger partial charge in [0.15, 0.2) is 0 Å². The van der Waals surface area contributed by atoms with Gasteiger partial charge in [0.25, 0.3) is 0 Å². The number of rotatable bonds is 5. The highest BCUT2D eigenvalue weighted by Crippen LogP contribution is 2.29. The van der Waals surface area contributed by atoms with Crippen molar-refractivity contribution in [2.45, 2.75) is 30.5 Å². The number of hydrogen-bond acceptors (Lipinski definition) is 3. The number of benzene rings is 1. The van der Waals surface area contributed by atoms with Crippen LogP contribution in [0.25, 0.3) is 6.08 Å². The highest BCUT2D eigenvalue weighted by Gasteiger charge is 2.24. The number of carboxylic acid groups (broad SMARTS) is 1. The molecule has 2 atom stereocenters. The molecule has 20 heavy (non-hydrogen) atoms. The van der Waals surface area contributed by atoms with Crippen molar-refractivity contribution in [3.8, 4) is 0 Å². The largest absolute Gasteiger partial charge is 0.478 e. The van der Waals surface area contributed by atoms with Gasteiger partial charge in [0, 0.05) is 29.2 Å². The number of halogens is 1. The second-order valence-electron chi connectivity index (χ2n) is 4.74. The van der Waals surface area contributed by atoms with E-state index in [4.69, 9.17) is 9.84 Å². The van der Waals surface area contributed by atoms with Gasteiger partial charge < -0.3 is 9.84 Å². The van der Waals surface area contributed by atoms with Crippen LogP contribution in [0, 0.1) is 5.82 Å². The second-order valence-corrected chi connectivity index (χ2v) is 5.97. The van der Waals surface area contributed by atoms with Gasteiger partial charge in [0.1, 0.15) is 5.82 Å². The van der Waals surface area contributed by atoms with Gasteiger partial charge in [0.2, 0.25) is 0 Å². The number of ether oxygens (including phenoxy) is 1. The van der Waals surface area contributed by atoms with E-state index < -0.39 is 11.8 Å². The van der Waals surface area contributed by atoms with Gasteiger partial charge in [-0.2, -0.15) is 11.8 Å². The Morgan fingerprint density at radius 3 is 3.05 bits per heavy atom. The fourth-order valence-electron chi connectivity index (χ4n) is 2.11. The van der Waals surface area contributed by atoms with E-state index in [2.05, 4.69) is 6.92 Å². The molecule has 0 bridgehead atoms. The van der Waals surface area contributed by atoms with E-state index in [0.29, 0.717) is 10.8 Å². The van der Waals surface area contributed by atoms with E-state index in [9.17, 15) is 9.18 Å². The summed E-state index contributed by atoms with van der Waals surface area (Å²) in [7, 11) is 0. The molecule has 1 aliphatic rings. The third-order valence-corrected chi connectivity index (χ3v) is 4.78. The minimum Gasteiger partial charge on any atom is -0.478 e. The zero-order valence-corrected chi connectivity index (χ0v) is 12.0. The first-order valence-corrected chi connectivity index (χ1v) is 7.54. The zero-order valence-electron chi connectivity index (χ0n) is 11.2. The van der Waals surface area contributed by atoms with Crippen LogP contribution in [0.3, 0.4) is 0 Å². The van der Waals surface area contributed by atoms with Crippen LogP contribution in [0.15, 0.2) is 24.3 Å². The first-order chi connectivity index (χ1) is 9.56. The Bertz CT molecular complexity index is 516. The number of hydrogen-bond donors (Lipinski definition) is 1. The maximum Gasteiger partial charge on any atom is 0.328 e. The van der Waals surface area contributed by atoms with E-state index in [0.717, 1.165) is 30.4 Å². The van der Waals surface area contributed by atoms with Gasteiger partial charge >= 0.3 is 5.97 Å². The molecule has 0 spiro atoms. The van der Waals surface area contributed by atoms with Crippen LogP contribution < -0.4 is 0 Å². The molecule has 108 valence electrons. The van der Waals surface area contributed by atoms with E-state index in [1.54, 1.807) is 23.9 Å². The average Bonchev–Trinajstić information content (AvgIpc) is 2.81. The predicted octanol–water partition coefficient (Wildman–Crippen LogP) is 3.33. The Morgan fingerprint density at radius 1 is 1.60 bits per heavy atom. The molecule has 1 aromatic carbocycles. The highest BCUT2D eigenvalue weighted by atomic mass is 32.2. The van der Waals surface area contributed by atoms with Crippen molar-refractivity contribution in [1.29, 1.82) is 0 Å². The lowest BCUT2D eigenvalue weighted by atomic mass is 10.1. The van der Waals surface area contributed by atoms with Crippen LogP contribution in [-0.4, -0.2) is 29.0 Å². The van der Waals surface area contributed by atoms with Crippen LogP contribution in [0.1, 0.15) is 24.5 Å². The Morgan fingerprint density at radius 2 is 2.40 bits per heavy atom. The summed E-state index contributed by atoms with van der Waals surface area (Å²) < 4.78 is 19.1. The van der Waals surface area contributed by atoms with Gasteiger partial charge in [-0.1, -0.05) is 6.07 Å². The summed E-state index contributed by atoms with van der Waals surface area (Å²) >= 11 is 1.80. The molecule has 0 aromatic heterocycles. The van der Waals surface area contributed by atoms with Gasteiger partial charge in [-0.25, -0.2) is 9.18 Å². The van der Waals surface area contributed by atoms with Gasteiger partial charge in [-0.05, 0) is 37.1 Å². The zero-order chi connectivity index (χ0) is 14.5. The fraction of sp³-hybridized carbons (Fsp3) is 0.400. The van der Waals surface area contributed by atoms with E-state index in [-0.39, 0.29) is 6.10 Å². The molecule has 3 nitrogen and oxygen atoms in total. The molecule has 1 N–H and O–H groups in total. The Kier molecular flexibility index (Phi) is 5.20. The number of carboxylic acids is 1. The molecule has 0 amide bonds. The average molecular weight is 296 g/mol. The lowest BCUT2D eigenvalue weighted by Crippen LogP contribution is -2.13. The minimum absolute atomic E-state index is 0.256. The third-order valence-electron chi connectivity index (χ3n) is 3.24. The smallest absolute Gasteiger partial charge is 0.328 e. The topological polar surface area (TPSA) is 46.5 Å². The summed E-state index contributed by atoms with van der Waals surface area (Å²) in [5.74, 6) is -0.720. The molecule has 0 saturated carbocycles.